The molecule has 1 amide bonds. The van der Waals surface area contributed by atoms with Gasteiger partial charge in [0.15, 0.2) is 0 Å². The van der Waals surface area contributed by atoms with E-state index in [9.17, 15) is 18.0 Å². The molecule has 0 radical (unpaired) electrons. The van der Waals surface area contributed by atoms with Gasteiger partial charge in [-0.15, -0.1) is 11.3 Å². The summed E-state index contributed by atoms with van der Waals surface area (Å²) < 4.78 is 37.5. The van der Waals surface area contributed by atoms with Crippen LogP contribution in [-0.4, -0.2) is 72.6 Å². The maximum atomic E-state index is 12.8. The zero-order chi connectivity index (χ0) is 21.7. The van der Waals surface area contributed by atoms with Crippen molar-refractivity contribution >= 4 is 23.2 Å². The minimum atomic E-state index is -5.08. The van der Waals surface area contributed by atoms with Crippen LogP contribution in [0.25, 0.3) is 0 Å². The number of ether oxygens (including phenoxy) is 1. The topological polar surface area (TPSA) is 79.3 Å². The molecule has 1 aromatic rings. The van der Waals surface area contributed by atoms with Gasteiger partial charge < -0.3 is 9.84 Å². The number of carboxylic acids is 1. The Balaban J connectivity index is 0.000000318. The zero-order valence-corrected chi connectivity index (χ0v) is 17.2. The summed E-state index contributed by atoms with van der Waals surface area (Å²) in [5.74, 6) is -1.78. The van der Waals surface area contributed by atoms with Crippen LogP contribution in [0.4, 0.5) is 13.2 Å². The number of halogens is 3. The fourth-order valence-electron chi connectivity index (χ4n) is 4.05. The van der Waals surface area contributed by atoms with Crippen LogP contribution in [0.2, 0.25) is 0 Å². The van der Waals surface area contributed by atoms with Crippen molar-refractivity contribution in [2.24, 2.45) is 17.8 Å². The first kappa shape index (κ1) is 23.0. The predicted octanol–water partition coefficient (Wildman–Crippen LogP) is 2.63. The van der Waals surface area contributed by atoms with Crippen LogP contribution in [0.1, 0.15) is 17.7 Å². The lowest BCUT2D eigenvalue weighted by atomic mass is 9.82. The van der Waals surface area contributed by atoms with E-state index in [1.165, 1.54) is 4.88 Å². The van der Waals surface area contributed by atoms with E-state index in [1.807, 2.05) is 0 Å². The normalized spacial score (nSPS) is 27.2. The Kier molecular flexibility index (Phi) is 7.72. The van der Waals surface area contributed by atoms with E-state index in [1.54, 1.807) is 16.4 Å². The lowest BCUT2D eigenvalue weighted by Gasteiger charge is -2.36. The Morgan fingerprint density at radius 2 is 2.00 bits per heavy atom. The molecule has 0 aliphatic carbocycles. The van der Waals surface area contributed by atoms with Crippen LogP contribution >= 0.6 is 11.3 Å². The van der Waals surface area contributed by atoms with Gasteiger partial charge >= 0.3 is 12.1 Å². The summed E-state index contributed by atoms with van der Waals surface area (Å²) in [6.07, 6.45) is -3.00. The largest absolute Gasteiger partial charge is 0.490 e. The number of fused-ring (bicyclic) bond motifs is 1. The summed E-state index contributed by atoms with van der Waals surface area (Å²) in [6.45, 7) is 5.75. The van der Waals surface area contributed by atoms with Gasteiger partial charge in [-0.3, -0.25) is 14.5 Å². The summed E-state index contributed by atoms with van der Waals surface area (Å²) in [5.41, 5.74) is 0. The zero-order valence-electron chi connectivity index (χ0n) is 16.3. The van der Waals surface area contributed by atoms with E-state index in [4.69, 9.17) is 19.5 Å². The van der Waals surface area contributed by atoms with Crippen LogP contribution in [0.5, 0.6) is 0 Å². The van der Waals surface area contributed by atoms with Crippen molar-refractivity contribution < 1.29 is 37.4 Å². The molecule has 1 aromatic heterocycles. The predicted molar refractivity (Wildman–Crippen MR) is 101 cm³/mol. The minimum absolute atomic E-state index is 0.0415. The summed E-state index contributed by atoms with van der Waals surface area (Å²) in [5, 5.41) is 10.9. The number of hydroxylamine groups is 2. The average molecular weight is 450 g/mol. The monoisotopic (exact) mass is 450 g/mol. The molecule has 7 nitrogen and oxygen atoms in total. The summed E-state index contributed by atoms with van der Waals surface area (Å²) in [7, 11) is 0. The SMILES string of the molecule is O=C(O)C(F)(F)F.O=C([C@@H]1COC[C@H]2CN(Cc3cccs3)C[C@H]21)N1CCCCO1. The number of carbonyl (C=O) groups excluding carboxylic acids is 1. The first-order valence-electron chi connectivity index (χ1n) is 9.82. The molecule has 3 fully saturated rings. The molecule has 3 aliphatic rings. The third-order valence-electron chi connectivity index (χ3n) is 5.48. The van der Waals surface area contributed by atoms with Gasteiger partial charge in [-0.25, -0.2) is 9.86 Å². The highest BCUT2D eigenvalue weighted by Crippen LogP contribution is 2.36. The van der Waals surface area contributed by atoms with Crippen LogP contribution in [-0.2, 0) is 25.7 Å². The number of hydrogen-bond acceptors (Lipinski definition) is 6. The third-order valence-corrected chi connectivity index (χ3v) is 6.34. The standard InChI is InChI=1S/C17H24N2O3S.C2HF3O2/c20-17(19-5-1-2-6-22-19)16-12-21-11-13-8-18(10-15(13)16)9-14-4-3-7-23-14;3-2(4,5)1(6)7/h3-4,7,13,15-16H,1-2,5-6,8-12H2;(H,6,7)/t13-,15-,16-;/m1./s1. The maximum Gasteiger partial charge on any atom is 0.490 e. The fraction of sp³-hybridized carbons (Fsp3) is 0.684. The molecule has 3 saturated heterocycles. The Labute approximate surface area is 176 Å². The van der Waals surface area contributed by atoms with E-state index >= 15 is 0 Å². The molecule has 1 N–H and O–H groups in total. The number of nitrogens with zero attached hydrogens (tertiary/aromatic N) is 2. The highest BCUT2D eigenvalue weighted by Gasteiger charge is 2.45. The number of carboxylic acid groups (broad SMARTS) is 1. The Morgan fingerprint density at radius 1 is 1.23 bits per heavy atom. The number of rotatable bonds is 3. The van der Waals surface area contributed by atoms with Crippen molar-refractivity contribution in [2.75, 3.05) is 39.5 Å². The molecule has 0 saturated carbocycles. The molecule has 0 bridgehead atoms. The number of alkyl halides is 3. The number of thiophene rings is 1. The molecule has 0 unspecified atom stereocenters. The molecule has 11 heteroatoms. The molecule has 3 atom stereocenters. The maximum absolute atomic E-state index is 12.8. The number of aliphatic carboxylic acids is 1. The molecule has 30 heavy (non-hydrogen) atoms. The van der Waals surface area contributed by atoms with Gasteiger partial charge in [0.1, 0.15) is 0 Å². The van der Waals surface area contributed by atoms with Crippen molar-refractivity contribution in [3.05, 3.63) is 22.4 Å². The minimum Gasteiger partial charge on any atom is -0.475 e. The van der Waals surface area contributed by atoms with Gasteiger partial charge in [0, 0.05) is 31.1 Å². The van der Waals surface area contributed by atoms with Crippen molar-refractivity contribution in [3.63, 3.8) is 0 Å². The van der Waals surface area contributed by atoms with Gasteiger partial charge in [-0.1, -0.05) is 6.07 Å². The average Bonchev–Trinajstić information content (AvgIpc) is 3.37. The van der Waals surface area contributed by atoms with Gasteiger partial charge in [0.25, 0.3) is 5.91 Å². The van der Waals surface area contributed by atoms with Crippen LogP contribution < -0.4 is 0 Å². The highest BCUT2D eigenvalue weighted by molar-refractivity contribution is 7.09. The van der Waals surface area contributed by atoms with Crippen LogP contribution in [0.15, 0.2) is 17.5 Å². The molecule has 0 aromatic carbocycles. The third kappa shape index (κ3) is 5.93. The molecular formula is C19H25F3N2O5S. The second-order valence-electron chi connectivity index (χ2n) is 7.62. The smallest absolute Gasteiger partial charge is 0.475 e. The highest BCUT2D eigenvalue weighted by atomic mass is 32.1. The van der Waals surface area contributed by atoms with E-state index in [2.05, 4.69) is 22.4 Å². The summed E-state index contributed by atoms with van der Waals surface area (Å²) in [4.78, 5) is 31.2. The van der Waals surface area contributed by atoms with E-state index in [0.717, 1.165) is 45.6 Å². The molecular weight excluding hydrogens is 425 g/mol. The van der Waals surface area contributed by atoms with E-state index < -0.39 is 12.1 Å². The van der Waals surface area contributed by atoms with Gasteiger partial charge in [-0.05, 0) is 36.1 Å². The molecule has 0 spiro atoms. The first-order valence-corrected chi connectivity index (χ1v) is 10.7. The van der Waals surface area contributed by atoms with E-state index in [0.29, 0.717) is 25.0 Å². The van der Waals surface area contributed by atoms with Gasteiger partial charge in [-0.2, -0.15) is 13.2 Å². The molecule has 168 valence electrons. The lowest BCUT2D eigenvalue weighted by Crippen LogP contribution is -2.47. The molecule has 4 heterocycles. The Hall–Kier alpha value is -1.69. The second-order valence-corrected chi connectivity index (χ2v) is 8.66. The van der Waals surface area contributed by atoms with Crippen LogP contribution in [0.3, 0.4) is 0 Å². The number of hydrogen-bond donors (Lipinski definition) is 1. The Bertz CT molecular complexity index is 710. The van der Waals surface area contributed by atoms with Gasteiger partial charge in [0.2, 0.25) is 0 Å². The Morgan fingerprint density at radius 3 is 2.60 bits per heavy atom. The van der Waals surface area contributed by atoms with Crippen molar-refractivity contribution in [1.29, 1.82) is 0 Å². The second kappa shape index (κ2) is 10.1. The van der Waals surface area contributed by atoms with Crippen molar-refractivity contribution in [3.8, 4) is 0 Å². The lowest BCUT2D eigenvalue weighted by molar-refractivity contribution is -0.207. The fourth-order valence-corrected chi connectivity index (χ4v) is 4.80. The van der Waals surface area contributed by atoms with Gasteiger partial charge in [0.05, 0.1) is 25.7 Å². The van der Waals surface area contributed by atoms with E-state index in [-0.39, 0.29) is 11.8 Å². The first-order chi connectivity index (χ1) is 14.3. The molecule has 3 aliphatic heterocycles. The quantitative estimate of drug-likeness (QED) is 0.763. The molecule has 4 rings (SSSR count). The number of likely N-dealkylation sites (tertiary alicyclic amines) is 1. The summed E-state index contributed by atoms with van der Waals surface area (Å²) in [6, 6.07) is 4.29. The number of carbonyl (C=O) groups is 2. The number of amides is 1. The van der Waals surface area contributed by atoms with Crippen molar-refractivity contribution in [2.45, 2.75) is 25.6 Å². The summed E-state index contributed by atoms with van der Waals surface area (Å²) >= 11 is 1.80. The van der Waals surface area contributed by atoms with Crippen LogP contribution in [0, 0.1) is 17.8 Å². The van der Waals surface area contributed by atoms with Crippen molar-refractivity contribution in [1.82, 2.24) is 9.96 Å².